The first-order valence-corrected chi connectivity index (χ1v) is 15.8. The second kappa shape index (κ2) is 11.5. The van der Waals surface area contributed by atoms with Crippen molar-refractivity contribution in [3.05, 3.63) is 96.1 Å². The number of carbonyl (C=O) groups is 1. The summed E-state index contributed by atoms with van der Waals surface area (Å²) in [7, 11) is -0.757. The molecule has 0 aliphatic rings. The summed E-state index contributed by atoms with van der Waals surface area (Å²) in [5, 5.41) is 0.0449. The van der Waals surface area contributed by atoms with Crippen LogP contribution in [0, 0.1) is 0 Å². The van der Waals surface area contributed by atoms with Gasteiger partial charge in [0.25, 0.3) is 0 Å². The predicted octanol–water partition coefficient (Wildman–Crippen LogP) is 7.89. The second-order valence-electron chi connectivity index (χ2n) is 11.0. The maximum atomic E-state index is 11.7. The second-order valence-corrected chi connectivity index (χ2v) is 15.7. The molecule has 198 valence electrons. The number of methoxy groups -OCH3 is 1. The van der Waals surface area contributed by atoms with Crippen LogP contribution in [-0.4, -0.2) is 31.4 Å². The predicted molar refractivity (Wildman–Crippen MR) is 152 cm³/mol. The van der Waals surface area contributed by atoms with E-state index in [-0.39, 0.29) is 11.1 Å². The summed E-state index contributed by atoms with van der Waals surface area (Å²) in [4.78, 5) is 20.7. The Bertz CT molecular complexity index is 1340. The number of ether oxygens (including phenoxy) is 1. The van der Waals surface area contributed by atoms with Gasteiger partial charge in [0.1, 0.15) is 11.8 Å². The van der Waals surface area contributed by atoms with E-state index in [1.54, 1.807) is 18.3 Å². The molecular formula is C31H36N2O4Si. The Hall–Kier alpha value is -3.55. The molecule has 4 rings (SSSR count). The standard InChI is InChI=1S/C31H36N2O4Si/c1-31(2,3)38(5,6)37-27(19-14-22-12-15-24(16-13-22)23-10-8-7-9-11-23)29-33-21-28(36-29)26-18-17-25(20-32-26)30(34)35-4/h7-13,15-18,20-21,27H,14,19H2,1-6H3. The monoisotopic (exact) mass is 528 g/mol. The Labute approximate surface area is 226 Å². The van der Waals surface area contributed by atoms with Crippen molar-refractivity contribution in [2.24, 2.45) is 0 Å². The van der Waals surface area contributed by atoms with Crippen molar-refractivity contribution >= 4 is 14.3 Å². The molecule has 6 nitrogen and oxygen atoms in total. The van der Waals surface area contributed by atoms with Gasteiger partial charge in [-0.25, -0.2) is 9.78 Å². The van der Waals surface area contributed by atoms with Gasteiger partial charge < -0.3 is 13.6 Å². The van der Waals surface area contributed by atoms with Crippen molar-refractivity contribution in [2.75, 3.05) is 7.11 Å². The zero-order valence-corrected chi connectivity index (χ0v) is 24.0. The van der Waals surface area contributed by atoms with Gasteiger partial charge in [0.05, 0.1) is 18.9 Å². The molecule has 0 fully saturated rings. The summed E-state index contributed by atoms with van der Waals surface area (Å²) in [5.74, 6) is 0.652. The number of hydrogen-bond donors (Lipinski definition) is 0. The molecule has 0 spiro atoms. The molecule has 0 bridgehead atoms. The van der Waals surface area contributed by atoms with E-state index >= 15 is 0 Å². The van der Waals surface area contributed by atoms with Crippen LogP contribution >= 0.6 is 0 Å². The molecule has 1 unspecified atom stereocenters. The third-order valence-electron chi connectivity index (χ3n) is 7.24. The summed E-state index contributed by atoms with van der Waals surface area (Å²) < 4.78 is 17.8. The SMILES string of the molecule is COC(=O)c1ccc(-c2cnc(C(CCc3ccc(-c4ccccc4)cc3)O[Si](C)(C)C(C)(C)C)o2)nc1. The first-order valence-electron chi connectivity index (χ1n) is 12.9. The van der Waals surface area contributed by atoms with E-state index in [0.717, 1.165) is 12.8 Å². The Kier molecular flexibility index (Phi) is 8.28. The third kappa shape index (κ3) is 6.47. The first-order chi connectivity index (χ1) is 18.1. The fraction of sp³-hybridized carbons (Fsp3) is 0.323. The molecule has 0 radical (unpaired) electrons. The molecule has 0 aliphatic heterocycles. The fourth-order valence-electron chi connectivity index (χ4n) is 3.89. The summed E-state index contributed by atoms with van der Waals surface area (Å²) in [5.41, 5.74) is 4.62. The van der Waals surface area contributed by atoms with Gasteiger partial charge in [0.2, 0.25) is 5.89 Å². The Morgan fingerprint density at radius 3 is 2.21 bits per heavy atom. The summed E-state index contributed by atoms with van der Waals surface area (Å²) >= 11 is 0. The average Bonchev–Trinajstić information content (AvgIpc) is 3.41. The van der Waals surface area contributed by atoms with Gasteiger partial charge in [-0.3, -0.25) is 4.98 Å². The zero-order chi connectivity index (χ0) is 27.3. The molecule has 0 aliphatic carbocycles. The summed E-state index contributed by atoms with van der Waals surface area (Å²) in [6.07, 6.45) is 4.44. The molecule has 7 heteroatoms. The van der Waals surface area contributed by atoms with Crippen LogP contribution in [0.5, 0.6) is 0 Å². The van der Waals surface area contributed by atoms with Crippen molar-refractivity contribution < 1.29 is 18.4 Å². The van der Waals surface area contributed by atoms with E-state index in [0.29, 0.717) is 22.9 Å². The van der Waals surface area contributed by atoms with Gasteiger partial charge in [0, 0.05) is 6.20 Å². The van der Waals surface area contributed by atoms with E-state index in [9.17, 15) is 4.79 Å². The molecule has 0 saturated heterocycles. The van der Waals surface area contributed by atoms with Gasteiger partial charge in [-0.05, 0) is 59.8 Å². The lowest BCUT2D eigenvalue weighted by atomic mass is 10.0. The Balaban J connectivity index is 1.54. The number of oxazole rings is 1. The lowest BCUT2D eigenvalue weighted by molar-refractivity contribution is 0.0600. The summed E-state index contributed by atoms with van der Waals surface area (Å²) in [6, 6.07) is 22.5. The molecule has 0 saturated carbocycles. The smallest absolute Gasteiger partial charge is 0.339 e. The van der Waals surface area contributed by atoms with E-state index in [1.807, 2.05) is 6.07 Å². The number of aryl methyl sites for hydroxylation is 1. The average molecular weight is 529 g/mol. The van der Waals surface area contributed by atoms with Gasteiger partial charge in [-0.15, -0.1) is 0 Å². The van der Waals surface area contributed by atoms with Crippen LogP contribution in [0.25, 0.3) is 22.6 Å². The minimum Gasteiger partial charge on any atom is -0.465 e. The van der Waals surface area contributed by atoms with Gasteiger partial charge in [0.15, 0.2) is 14.1 Å². The third-order valence-corrected chi connectivity index (χ3v) is 11.7. The molecule has 2 aromatic heterocycles. The van der Waals surface area contributed by atoms with Crippen molar-refractivity contribution in [1.29, 1.82) is 0 Å². The highest BCUT2D eigenvalue weighted by Gasteiger charge is 2.40. The number of pyridine rings is 1. The van der Waals surface area contributed by atoms with Crippen molar-refractivity contribution in [3.8, 4) is 22.6 Å². The van der Waals surface area contributed by atoms with Crippen molar-refractivity contribution in [1.82, 2.24) is 9.97 Å². The van der Waals surface area contributed by atoms with Crippen LogP contribution < -0.4 is 0 Å². The maximum absolute atomic E-state index is 11.7. The molecule has 1 atom stereocenters. The molecule has 2 heterocycles. The highest BCUT2D eigenvalue weighted by Crippen LogP contribution is 2.41. The number of benzene rings is 2. The lowest BCUT2D eigenvalue weighted by Crippen LogP contribution is -2.42. The quantitative estimate of drug-likeness (QED) is 0.162. The van der Waals surface area contributed by atoms with Crippen LogP contribution in [0.4, 0.5) is 0 Å². The van der Waals surface area contributed by atoms with Crippen LogP contribution in [0.2, 0.25) is 18.1 Å². The number of nitrogens with zero attached hydrogens (tertiary/aromatic N) is 2. The molecular weight excluding hydrogens is 492 g/mol. The zero-order valence-electron chi connectivity index (χ0n) is 23.0. The summed E-state index contributed by atoms with van der Waals surface area (Å²) in [6.45, 7) is 11.2. The fourth-order valence-corrected chi connectivity index (χ4v) is 5.17. The molecule has 38 heavy (non-hydrogen) atoms. The number of hydrogen-bond acceptors (Lipinski definition) is 6. The highest BCUT2D eigenvalue weighted by atomic mass is 28.4. The minimum atomic E-state index is -2.10. The number of esters is 1. The Morgan fingerprint density at radius 2 is 1.61 bits per heavy atom. The van der Waals surface area contributed by atoms with E-state index in [1.165, 1.54) is 30.0 Å². The van der Waals surface area contributed by atoms with Crippen LogP contribution in [0.1, 0.15) is 55.1 Å². The van der Waals surface area contributed by atoms with E-state index in [4.69, 9.17) is 13.6 Å². The van der Waals surface area contributed by atoms with Crippen molar-refractivity contribution in [2.45, 2.75) is 57.8 Å². The molecule has 2 aromatic carbocycles. The first kappa shape index (κ1) is 27.5. The molecule has 4 aromatic rings. The van der Waals surface area contributed by atoms with Crippen LogP contribution in [0.15, 0.2) is 83.5 Å². The number of aromatic nitrogens is 2. The Morgan fingerprint density at radius 1 is 0.921 bits per heavy atom. The van der Waals surface area contributed by atoms with Crippen LogP contribution in [0.3, 0.4) is 0 Å². The van der Waals surface area contributed by atoms with Gasteiger partial charge in [-0.2, -0.15) is 0 Å². The van der Waals surface area contributed by atoms with Crippen molar-refractivity contribution in [3.63, 3.8) is 0 Å². The normalized spacial score (nSPS) is 12.8. The van der Waals surface area contributed by atoms with E-state index < -0.39 is 14.3 Å². The largest absolute Gasteiger partial charge is 0.465 e. The van der Waals surface area contributed by atoms with E-state index in [2.05, 4.69) is 92.4 Å². The van der Waals surface area contributed by atoms with Crippen LogP contribution in [-0.2, 0) is 15.6 Å². The maximum Gasteiger partial charge on any atom is 0.339 e. The highest BCUT2D eigenvalue weighted by molar-refractivity contribution is 6.74. The molecule has 0 amide bonds. The lowest BCUT2D eigenvalue weighted by Gasteiger charge is -2.38. The minimum absolute atomic E-state index is 0.0449. The van der Waals surface area contributed by atoms with Gasteiger partial charge >= 0.3 is 5.97 Å². The number of rotatable bonds is 9. The number of carbonyl (C=O) groups excluding carboxylic acids is 1. The molecule has 0 N–H and O–H groups in total. The topological polar surface area (TPSA) is 74.5 Å². The van der Waals surface area contributed by atoms with Gasteiger partial charge in [-0.1, -0.05) is 75.4 Å².